The number of hydrogen-bond acceptors (Lipinski definition) is 4. The van der Waals surface area contributed by atoms with E-state index in [0.717, 1.165) is 23.9 Å². The molecule has 0 aliphatic carbocycles. The van der Waals surface area contributed by atoms with Crippen LogP contribution >= 0.6 is 11.6 Å². The van der Waals surface area contributed by atoms with E-state index in [2.05, 4.69) is 5.32 Å². The number of halogens is 4. The molecule has 0 saturated heterocycles. The number of benzene rings is 2. The van der Waals surface area contributed by atoms with Crippen LogP contribution in [0.3, 0.4) is 0 Å². The van der Waals surface area contributed by atoms with Gasteiger partial charge in [-0.05, 0) is 55.7 Å². The maximum Gasteiger partial charge on any atom is 0.432 e. The Bertz CT molecular complexity index is 984. The van der Waals surface area contributed by atoms with Crippen molar-refractivity contribution in [2.75, 3.05) is 19.4 Å². The van der Waals surface area contributed by atoms with Gasteiger partial charge in [0.15, 0.2) is 0 Å². The summed E-state index contributed by atoms with van der Waals surface area (Å²) in [6.07, 6.45) is -4.68. The van der Waals surface area contributed by atoms with Crippen LogP contribution in [0.4, 0.5) is 18.9 Å². The first-order valence-electron chi connectivity index (χ1n) is 9.25. The van der Waals surface area contributed by atoms with Gasteiger partial charge in [-0.15, -0.1) is 0 Å². The molecule has 3 N–H and O–H groups in total. The highest BCUT2D eigenvalue weighted by Crippen LogP contribution is 2.32. The van der Waals surface area contributed by atoms with Crippen LogP contribution in [0.1, 0.15) is 27.8 Å². The van der Waals surface area contributed by atoms with Gasteiger partial charge in [0.05, 0.1) is 10.7 Å². The second kappa shape index (κ2) is 9.43. The lowest BCUT2D eigenvalue weighted by Crippen LogP contribution is -2.26. The number of ether oxygens (including phenoxy) is 1. The van der Waals surface area contributed by atoms with Gasteiger partial charge >= 0.3 is 6.18 Å². The van der Waals surface area contributed by atoms with Crippen molar-refractivity contribution in [3.63, 3.8) is 0 Å². The zero-order valence-corrected chi connectivity index (χ0v) is 18.3. The molecule has 162 valence electrons. The van der Waals surface area contributed by atoms with Crippen molar-refractivity contribution in [2.24, 2.45) is 0 Å². The Morgan fingerprint density at radius 3 is 2.30 bits per heavy atom. The fourth-order valence-corrected chi connectivity index (χ4v) is 3.42. The highest BCUT2D eigenvalue weighted by Gasteiger charge is 2.36. The average molecular weight is 440 g/mol. The minimum Gasteiger partial charge on any atom is -0.489 e. The second-order valence-electron chi connectivity index (χ2n) is 6.88. The molecule has 0 spiro atoms. The van der Waals surface area contributed by atoms with Gasteiger partial charge in [-0.2, -0.15) is 13.2 Å². The number of allylic oxidation sites excluding steroid dienone is 2. The predicted octanol–water partition coefficient (Wildman–Crippen LogP) is 5.83. The predicted molar refractivity (Wildman–Crippen MR) is 116 cm³/mol. The van der Waals surface area contributed by atoms with Crippen LogP contribution in [0.5, 0.6) is 5.75 Å². The summed E-state index contributed by atoms with van der Waals surface area (Å²) in [7, 11) is 2.96. The molecule has 2 aromatic rings. The number of alkyl halides is 3. The topological polar surface area (TPSA) is 57.1 Å². The van der Waals surface area contributed by atoms with Crippen LogP contribution < -0.4 is 15.4 Å². The molecule has 0 unspecified atom stereocenters. The molecule has 0 aliphatic heterocycles. The fourth-order valence-electron chi connectivity index (χ4n) is 3.11. The summed E-state index contributed by atoms with van der Waals surface area (Å²) >= 11 is 5.91. The zero-order chi connectivity index (χ0) is 22.6. The van der Waals surface area contributed by atoms with Crippen molar-refractivity contribution in [2.45, 2.75) is 33.6 Å². The van der Waals surface area contributed by atoms with Gasteiger partial charge < -0.3 is 15.4 Å². The van der Waals surface area contributed by atoms with Crippen molar-refractivity contribution in [3.05, 3.63) is 68.9 Å². The third-order valence-electron chi connectivity index (χ3n) is 4.82. The highest BCUT2D eigenvalue weighted by atomic mass is 35.5. The summed E-state index contributed by atoms with van der Waals surface area (Å²) in [6.45, 7) is 5.82. The summed E-state index contributed by atoms with van der Waals surface area (Å²) in [5.74, 6) is 0.596. The average Bonchev–Trinajstić information content (AvgIpc) is 2.67. The molecule has 4 nitrogen and oxygen atoms in total. The van der Waals surface area contributed by atoms with Crippen LogP contribution in [0.15, 0.2) is 41.1 Å². The monoisotopic (exact) mass is 439 g/mol. The number of hydrogen-bond donors (Lipinski definition) is 3. The normalized spacial score (nSPS) is 12.3. The molecule has 0 aromatic heterocycles. The Kier molecular flexibility index (Phi) is 7.42. The quantitative estimate of drug-likeness (QED) is 0.475. The van der Waals surface area contributed by atoms with Crippen molar-refractivity contribution in [1.82, 2.24) is 5.32 Å². The van der Waals surface area contributed by atoms with Crippen LogP contribution in [-0.2, 0) is 6.61 Å². The molecule has 0 atom stereocenters. The van der Waals surface area contributed by atoms with E-state index in [4.69, 9.17) is 21.7 Å². The Morgan fingerprint density at radius 2 is 1.73 bits per heavy atom. The number of anilines is 1. The molecule has 0 fully saturated rings. The standard InChI is InChI=1S/C22H25ClF3N3O/c1-12-7-6-8-17(28-4)16(12)11-30-18-10-13(2)15(9-14(18)3)20(27)19(23)21(29-5)22(24,25)26/h6-10,27-29H,11H2,1-5H3/b21-19+,27-20?. The van der Waals surface area contributed by atoms with E-state index in [9.17, 15) is 13.2 Å². The Balaban J connectivity index is 2.35. The molecule has 0 heterocycles. The summed E-state index contributed by atoms with van der Waals surface area (Å²) in [5.41, 5.74) is 3.12. The summed E-state index contributed by atoms with van der Waals surface area (Å²) in [4.78, 5) is 0. The van der Waals surface area contributed by atoms with Gasteiger partial charge in [-0.3, -0.25) is 5.41 Å². The molecule has 0 radical (unpaired) electrons. The first-order chi connectivity index (χ1) is 14.0. The van der Waals surface area contributed by atoms with Crippen LogP contribution in [0.2, 0.25) is 0 Å². The second-order valence-corrected chi connectivity index (χ2v) is 7.26. The molecule has 2 aromatic carbocycles. The van der Waals surface area contributed by atoms with E-state index in [-0.39, 0.29) is 0 Å². The van der Waals surface area contributed by atoms with Gasteiger partial charge in [0.2, 0.25) is 0 Å². The summed E-state index contributed by atoms with van der Waals surface area (Å²) in [5, 5.41) is 12.7. The van der Waals surface area contributed by atoms with Gasteiger partial charge in [-0.1, -0.05) is 23.7 Å². The SMILES string of the molecule is CN/C(=C(/Cl)C(=N)c1cc(C)c(OCc2c(C)cccc2NC)cc1C)C(F)(F)F. The number of rotatable bonds is 7. The van der Waals surface area contributed by atoms with E-state index in [1.807, 2.05) is 37.5 Å². The first-order valence-corrected chi connectivity index (χ1v) is 9.63. The minimum atomic E-state index is -4.68. The van der Waals surface area contributed by atoms with Crippen molar-refractivity contribution < 1.29 is 17.9 Å². The van der Waals surface area contributed by atoms with Crippen molar-refractivity contribution in [1.29, 1.82) is 5.41 Å². The first kappa shape index (κ1) is 23.6. The van der Waals surface area contributed by atoms with E-state index in [1.165, 1.54) is 0 Å². The molecular formula is C22H25ClF3N3O. The lowest BCUT2D eigenvalue weighted by atomic mass is 9.99. The summed E-state index contributed by atoms with van der Waals surface area (Å²) < 4.78 is 45.4. The van der Waals surface area contributed by atoms with E-state index in [0.29, 0.717) is 29.0 Å². The van der Waals surface area contributed by atoms with Gasteiger partial charge in [0, 0.05) is 30.9 Å². The van der Waals surface area contributed by atoms with E-state index < -0.39 is 22.6 Å². The highest BCUT2D eigenvalue weighted by molar-refractivity contribution is 6.46. The van der Waals surface area contributed by atoms with Gasteiger partial charge in [-0.25, -0.2) is 0 Å². The lowest BCUT2D eigenvalue weighted by Gasteiger charge is -2.18. The van der Waals surface area contributed by atoms with E-state index in [1.54, 1.807) is 26.0 Å². The Labute approximate surface area is 179 Å². The van der Waals surface area contributed by atoms with Crippen LogP contribution in [0.25, 0.3) is 0 Å². The molecule has 0 amide bonds. The largest absolute Gasteiger partial charge is 0.489 e. The van der Waals surface area contributed by atoms with Gasteiger partial charge in [0.25, 0.3) is 0 Å². The third kappa shape index (κ3) is 5.08. The van der Waals surface area contributed by atoms with Crippen molar-refractivity contribution in [3.8, 4) is 5.75 Å². The molecular weight excluding hydrogens is 415 g/mol. The van der Waals surface area contributed by atoms with E-state index >= 15 is 0 Å². The summed E-state index contributed by atoms with van der Waals surface area (Å²) in [6, 6.07) is 9.25. The molecule has 0 aliphatic rings. The third-order valence-corrected chi connectivity index (χ3v) is 5.19. The van der Waals surface area contributed by atoms with Crippen LogP contribution in [-0.4, -0.2) is 26.0 Å². The smallest absolute Gasteiger partial charge is 0.432 e. The van der Waals surface area contributed by atoms with Gasteiger partial charge in [0.1, 0.15) is 18.1 Å². The lowest BCUT2D eigenvalue weighted by molar-refractivity contribution is -0.0961. The number of nitrogens with one attached hydrogen (secondary N) is 3. The number of aryl methyl sites for hydroxylation is 3. The molecule has 8 heteroatoms. The van der Waals surface area contributed by atoms with Crippen LogP contribution in [0, 0.1) is 26.2 Å². The molecule has 2 rings (SSSR count). The zero-order valence-electron chi connectivity index (χ0n) is 17.5. The molecule has 0 bridgehead atoms. The maximum atomic E-state index is 13.1. The molecule has 30 heavy (non-hydrogen) atoms. The minimum absolute atomic E-state index is 0.314. The fraction of sp³-hybridized carbons (Fsp3) is 0.318. The Morgan fingerprint density at radius 1 is 1.07 bits per heavy atom. The molecule has 0 saturated carbocycles. The van der Waals surface area contributed by atoms with Crippen molar-refractivity contribution >= 4 is 23.0 Å². The maximum absolute atomic E-state index is 13.1. The Hall–Kier alpha value is -2.67.